The van der Waals surface area contributed by atoms with Gasteiger partial charge in [-0.05, 0) is 50.2 Å². The van der Waals surface area contributed by atoms with Gasteiger partial charge in [-0.25, -0.2) is 0 Å². The molecule has 0 radical (unpaired) electrons. The minimum absolute atomic E-state index is 0.506. The number of anilines is 1. The fourth-order valence-corrected chi connectivity index (χ4v) is 3.59. The van der Waals surface area contributed by atoms with Crippen LogP contribution in [-0.4, -0.2) is 31.8 Å². The van der Waals surface area contributed by atoms with Crippen molar-refractivity contribution < 1.29 is 4.74 Å². The van der Waals surface area contributed by atoms with Crippen molar-refractivity contribution in [2.45, 2.75) is 50.7 Å². The molecule has 1 saturated heterocycles. The van der Waals surface area contributed by atoms with Crippen LogP contribution in [0.4, 0.5) is 5.69 Å². The first kappa shape index (κ1) is 13.9. The predicted molar refractivity (Wildman–Crippen MR) is 83.2 cm³/mol. The van der Waals surface area contributed by atoms with Crippen molar-refractivity contribution in [2.24, 2.45) is 5.73 Å². The summed E-state index contributed by atoms with van der Waals surface area (Å²) < 4.78 is 5.72. The summed E-state index contributed by atoms with van der Waals surface area (Å²) in [6.45, 7) is 2.83. The van der Waals surface area contributed by atoms with E-state index in [1.807, 2.05) is 0 Å². The quantitative estimate of drug-likeness (QED) is 0.897. The summed E-state index contributed by atoms with van der Waals surface area (Å²) in [6.07, 6.45) is 7.74. The molecule has 0 amide bonds. The molecule has 2 aliphatic rings. The van der Waals surface area contributed by atoms with Crippen LogP contribution in [0.2, 0.25) is 0 Å². The zero-order valence-electron chi connectivity index (χ0n) is 12.3. The van der Waals surface area contributed by atoms with E-state index in [1.165, 1.54) is 49.8 Å². The van der Waals surface area contributed by atoms with Gasteiger partial charge in [-0.15, -0.1) is 0 Å². The van der Waals surface area contributed by atoms with Gasteiger partial charge >= 0.3 is 0 Å². The van der Waals surface area contributed by atoms with Gasteiger partial charge in [0.1, 0.15) is 0 Å². The minimum Gasteiger partial charge on any atom is -0.378 e. The molecule has 0 saturated carbocycles. The molecule has 2 aliphatic heterocycles. The van der Waals surface area contributed by atoms with Crippen molar-refractivity contribution in [1.29, 1.82) is 0 Å². The lowest BCUT2D eigenvalue weighted by Gasteiger charge is -2.38. The molecule has 2 unspecified atom stereocenters. The number of aryl methyl sites for hydroxylation is 1. The van der Waals surface area contributed by atoms with Crippen molar-refractivity contribution in [3.63, 3.8) is 0 Å². The molecule has 2 N–H and O–H groups in total. The number of hydrogen-bond donors (Lipinski definition) is 1. The number of rotatable bonds is 5. The highest BCUT2D eigenvalue weighted by Crippen LogP contribution is 2.30. The Labute approximate surface area is 122 Å². The molecule has 0 aromatic heterocycles. The highest BCUT2D eigenvalue weighted by Gasteiger charge is 2.25. The molecule has 1 aromatic carbocycles. The van der Waals surface area contributed by atoms with Crippen LogP contribution in [0, 0.1) is 0 Å². The Kier molecular flexibility index (Phi) is 4.58. The maximum atomic E-state index is 5.98. The van der Waals surface area contributed by atoms with E-state index in [-0.39, 0.29) is 0 Å². The smallest absolute Gasteiger partial charge is 0.0576 e. The number of nitrogens with zero attached hydrogens (tertiary/aromatic N) is 1. The first-order valence-corrected chi connectivity index (χ1v) is 8.04. The van der Waals surface area contributed by atoms with Crippen LogP contribution >= 0.6 is 0 Å². The molecular weight excluding hydrogens is 248 g/mol. The Bertz CT molecular complexity index is 429. The van der Waals surface area contributed by atoms with Gasteiger partial charge in [-0.2, -0.15) is 0 Å². The van der Waals surface area contributed by atoms with E-state index >= 15 is 0 Å². The molecule has 3 heteroatoms. The first-order valence-electron chi connectivity index (χ1n) is 8.04. The zero-order valence-corrected chi connectivity index (χ0v) is 12.3. The highest BCUT2D eigenvalue weighted by atomic mass is 16.5. The average molecular weight is 274 g/mol. The lowest BCUT2D eigenvalue weighted by atomic mass is 9.95. The summed E-state index contributed by atoms with van der Waals surface area (Å²) in [4.78, 5) is 2.54. The van der Waals surface area contributed by atoms with Crippen LogP contribution in [0.1, 0.15) is 37.7 Å². The molecule has 3 nitrogen and oxygen atoms in total. The van der Waals surface area contributed by atoms with E-state index in [1.54, 1.807) is 0 Å². The maximum Gasteiger partial charge on any atom is 0.0576 e. The first-order chi connectivity index (χ1) is 9.88. The van der Waals surface area contributed by atoms with Crippen molar-refractivity contribution in [1.82, 2.24) is 0 Å². The molecule has 110 valence electrons. The van der Waals surface area contributed by atoms with Gasteiger partial charge in [0.25, 0.3) is 0 Å². The van der Waals surface area contributed by atoms with Crippen LogP contribution in [-0.2, 0) is 11.2 Å². The van der Waals surface area contributed by atoms with Crippen LogP contribution in [0.5, 0.6) is 0 Å². The Morgan fingerprint density at radius 3 is 2.95 bits per heavy atom. The topological polar surface area (TPSA) is 38.5 Å². The zero-order chi connectivity index (χ0) is 13.8. The fourth-order valence-electron chi connectivity index (χ4n) is 3.59. The number of nitrogens with two attached hydrogens (primary N) is 1. The van der Waals surface area contributed by atoms with Crippen molar-refractivity contribution >= 4 is 5.69 Å². The molecule has 0 spiro atoms. The van der Waals surface area contributed by atoms with Gasteiger partial charge in [0.2, 0.25) is 0 Å². The second-order valence-electron chi connectivity index (χ2n) is 6.03. The Hall–Kier alpha value is -1.06. The van der Waals surface area contributed by atoms with Crippen LogP contribution in [0.3, 0.4) is 0 Å². The van der Waals surface area contributed by atoms with E-state index in [2.05, 4.69) is 29.2 Å². The Balaban J connectivity index is 1.62. The number of para-hydroxylation sites is 1. The van der Waals surface area contributed by atoms with E-state index in [4.69, 9.17) is 10.5 Å². The summed E-state index contributed by atoms with van der Waals surface area (Å²) in [7, 11) is 0. The number of benzene rings is 1. The molecule has 0 bridgehead atoms. The number of ether oxygens (including phenoxy) is 1. The second kappa shape index (κ2) is 6.59. The third-order valence-corrected chi connectivity index (χ3v) is 4.71. The standard InChI is InChI=1S/C17H26N2O/c18-13-15-10-9-14-5-1-2-8-17(14)19(15)11-3-6-16-7-4-12-20-16/h1-2,5,8,15-16H,3-4,6-7,9-13,18H2. The lowest BCUT2D eigenvalue weighted by Crippen LogP contribution is -2.44. The number of fused-ring (bicyclic) bond motifs is 1. The predicted octanol–water partition coefficient (Wildman–Crippen LogP) is 2.73. The average Bonchev–Trinajstić information content (AvgIpc) is 3.00. The third kappa shape index (κ3) is 2.99. The summed E-state index contributed by atoms with van der Waals surface area (Å²) in [5.74, 6) is 0. The number of hydrogen-bond acceptors (Lipinski definition) is 3. The van der Waals surface area contributed by atoms with Crippen LogP contribution in [0.15, 0.2) is 24.3 Å². The molecule has 0 aliphatic carbocycles. The minimum atomic E-state index is 0.506. The van der Waals surface area contributed by atoms with Crippen LogP contribution in [0.25, 0.3) is 0 Å². The van der Waals surface area contributed by atoms with Gasteiger partial charge in [0.05, 0.1) is 6.10 Å². The second-order valence-corrected chi connectivity index (χ2v) is 6.03. The third-order valence-electron chi connectivity index (χ3n) is 4.71. The molecule has 2 heterocycles. The van der Waals surface area contributed by atoms with E-state index in [0.29, 0.717) is 12.1 Å². The normalized spacial score (nSPS) is 25.8. The van der Waals surface area contributed by atoms with E-state index in [9.17, 15) is 0 Å². The van der Waals surface area contributed by atoms with Crippen molar-refractivity contribution in [3.05, 3.63) is 29.8 Å². The molecule has 3 rings (SSSR count). The molecule has 1 aromatic rings. The lowest BCUT2D eigenvalue weighted by molar-refractivity contribution is 0.103. The molecule has 1 fully saturated rings. The van der Waals surface area contributed by atoms with Gasteiger partial charge in [-0.1, -0.05) is 18.2 Å². The van der Waals surface area contributed by atoms with Crippen molar-refractivity contribution in [2.75, 3.05) is 24.6 Å². The summed E-state index contributed by atoms with van der Waals surface area (Å²) in [5.41, 5.74) is 8.86. The summed E-state index contributed by atoms with van der Waals surface area (Å²) in [5, 5.41) is 0. The fraction of sp³-hybridized carbons (Fsp3) is 0.647. The monoisotopic (exact) mass is 274 g/mol. The summed E-state index contributed by atoms with van der Waals surface area (Å²) >= 11 is 0. The van der Waals surface area contributed by atoms with Crippen LogP contribution < -0.4 is 10.6 Å². The Morgan fingerprint density at radius 1 is 1.25 bits per heavy atom. The molecule has 20 heavy (non-hydrogen) atoms. The summed E-state index contributed by atoms with van der Waals surface area (Å²) in [6, 6.07) is 9.31. The molecule has 2 atom stereocenters. The van der Waals surface area contributed by atoms with Gasteiger partial charge in [0.15, 0.2) is 0 Å². The Morgan fingerprint density at radius 2 is 2.15 bits per heavy atom. The van der Waals surface area contributed by atoms with E-state index in [0.717, 1.165) is 19.7 Å². The molecular formula is C17H26N2O. The largest absolute Gasteiger partial charge is 0.378 e. The van der Waals surface area contributed by atoms with Gasteiger partial charge in [0, 0.05) is 31.4 Å². The van der Waals surface area contributed by atoms with Gasteiger partial charge in [-0.3, -0.25) is 0 Å². The highest BCUT2D eigenvalue weighted by molar-refractivity contribution is 5.56. The maximum absolute atomic E-state index is 5.98. The van der Waals surface area contributed by atoms with E-state index < -0.39 is 0 Å². The SMILES string of the molecule is NCC1CCc2ccccc2N1CCCC1CCCO1. The van der Waals surface area contributed by atoms with Gasteiger partial charge < -0.3 is 15.4 Å². The van der Waals surface area contributed by atoms with Crippen molar-refractivity contribution in [3.8, 4) is 0 Å².